The molecule has 2 aromatic heterocycles. The number of rotatable bonds is 4. The summed E-state index contributed by atoms with van der Waals surface area (Å²) >= 11 is 13.4. The molecule has 2 heterocycles. The fourth-order valence-corrected chi connectivity index (χ4v) is 7.07. The van der Waals surface area contributed by atoms with Crippen molar-refractivity contribution in [2.75, 3.05) is 5.33 Å². The molecule has 2 N–H and O–H groups in total. The summed E-state index contributed by atoms with van der Waals surface area (Å²) in [5, 5.41) is 24.7. The van der Waals surface area contributed by atoms with Crippen LogP contribution >= 0.6 is 63.7 Å². The van der Waals surface area contributed by atoms with Gasteiger partial charge in [-0.25, -0.2) is 0 Å². The van der Waals surface area contributed by atoms with Crippen molar-refractivity contribution in [2.24, 2.45) is 0 Å². The summed E-state index contributed by atoms with van der Waals surface area (Å²) < 4.78 is 15.8. The number of ketones is 1. The van der Waals surface area contributed by atoms with Gasteiger partial charge in [0.1, 0.15) is 34.2 Å². The van der Waals surface area contributed by atoms with E-state index in [1.54, 1.807) is 24.3 Å². The van der Waals surface area contributed by atoms with Gasteiger partial charge in [-0.05, 0) is 60.7 Å². The quantitative estimate of drug-likeness (QED) is 0.104. The molecule has 0 atom stereocenters. The monoisotopic (exact) mass is 952 g/mol. The number of furan rings is 2. The highest BCUT2D eigenvalue weighted by Gasteiger charge is 2.18. The van der Waals surface area contributed by atoms with Gasteiger partial charge in [-0.15, -0.1) is 0 Å². The van der Waals surface area contributed by atoms with Crippen molar-refractivity contribution in [3.05, 3.63) is 165 Å². The number of hydrogen-bond donors (Lipinski definition) is 2. The molecule has 0 unspecified atom stereocenters. The van der Waals surface area contributed by atoms with Gasteiger partial charge in [0, 0.05) is 62.4 Å². The molecular formula is C44H28Br4O5. The highest BCUT2D eigenvalue weighted by atomic mass is 79.9. The van der Waals surface area contributed by atoms with E-state index in [1.165, 1.54) is 12.1 Å². The number of benzene rings is 7. The van der Waals surface area contributed by atoms with Crippen LogP contribution in [0.2, 0.25) is 0 Å². The maximum absolute atomic E-state index is 11.1. The Kier molecular flexibility index (Phi) is 11.2. The number of halogens is 4. The zero-order valence-corrected chi connectivity index (χ0v) is 34.0. The van der Waals surface area contributed by atoms with Crippen LogP contribution in [0.5, 0.6) is 11.5 Å². The van der Waals surface area contributed by atoms with Crippen LogP contribution in [0.15, 0.2) is 168 Å². The molecule has 7 aromatic carbocycles. The summed E-state index contributed by atoms with van der Waals surface area (Å²) in [4.78, 5) is 11.1. The van der Waals surface area contributed by atoms with E-state index < -0.39 is 0 Å². The number of hydrogen-bond acceptors (Lipinski definition) is 5. The van der Waals surface area contributed by atoms with Crippen LogP contribution < -0.4 is 0 Å². The van der Waals surface area contributed by atoms with Gasteiger partial charge in [-0.3, -0.25) is 4.79 Å². The first-order valence-corrected chi connectivity index (χ1v) is 19.8. The minimum atomic E-state index is 0.109. The number of alkyl halides is 1. The lowest BCUT2D eigenvalue weighted by molar-refractivity contribution is 0.102. The number of carbonyl (C=O) groups is 1. The van der Waals surface area contributed by atoms with E-state index >= 15 is 0 Å². The largest absolute Gasteiger partial charge is 0.507 e. The predicted octanol–water partition coefficient (Wildman–Crippen LogP) is 14.5. The molecule has 9 rings (SSSR count). The summed E-state index contributed by atoms with van der Waals surface area (Å²) in [7, 11) is 0. The molecule has 0 aliphatic carbocycles. The topological polar surface area (TPSA) is 83.8 Å². The molecule has 0 radical (unpaired) electrons. The molecular weight excluding hydrogens is 928 g/mol. The van der Waals surface area contributed by atoms with Crippen LogP contribution in [-0.2, 0) is 0 Å². The Morgan fingerprint density at radius 2 is 0.830 bits per heavy atom. The van der Waals surface area contributed by atoms with Gasteiger partial charge in [0.15, 0.2) is 5.78 Å². The van der Waals surface area contributed by atoms with Crippen molar-refractivity contribution >= 4 is 113 Å². The number of phenolic OH excluding ortho intramolecular Hbond substituents is 2. The SMILES string of the molecule is Brc1ccc(-c2cc3c4cc(-c5ccc(Br)cc5)oc4c4ccccc4c3o2)cc1.O=C(CBr)c1ccc(Br)cc1.Oc1ccc(O)c2ccccc12. The van der Waals surface area contributed by atoms with Crippen LogP contribution in [0.1, 0.15) is 10.4 Å². The van der Waals surface area contributed by atoms with Crippen molar-refractivity contribution in [1.29, 1.82) is 0 Å². The van der Waals surface area contributed by atoms with Crippen LogP contribution in [-0.4, -0.2) is 21.3 Å². The van der Waals surface area contributed by atoms with E-state index in [0.717, 1.165) is 74.3 Å². The Hall–Kier alpha value is -4.67. The molecule has 0 saturated carbocycles. The third-order valence-corrected chi connectivity index (χ3v) is 10.7. The minimum absolute atomic E-state index is 0.109. The van der Waals surface area contributed by atoms with Crippen LogP contribution in [0.25, 0.3) is 66.1 Å². The summed E-state index contributed by atoms with van der Waals surface area (Å²) in [5.74, 6) is 2.20. The molecule has 0 amide bonds. The summed E-state index contributed by atoms with van der Waals surface area (Å²) in [5.41, 5.74) is 4.61. The molecule has 0 saturated heterocycles. The van der Waals surface area contributed by atoms with Crippen molar-refractivity contribution in [3.8, 4) is 34.1 Å². The average molecular weight is 956 g/mol. The van der Waals surface area contributed by atoms with E-state index in [-0.39, 0.29) is 17.3 Å². The van der Waals surface area contributed by atoms with Crippen LogP contribution in [0, 0.1) is 0 Å². The fraction of sp³-hybridized carbons (Fsp3) is 0.0227. The number of fused-ring (bicyclic) bond motifs is 7. The number of carbonyl (C=O) groups excluding carboxylic acids is 1. The van der Waals surface area contributed by atoms with Crippen molar-refractivity contribution in [1.82, 2.24) is 0 Å². The van der Waals surface area contributed by atoms with Crippen LogP contribution in [0.4, 0.5) is 0 Å². The smallest absolute Gasteiger partial charge is 0.173 e. The van der Waals surface area contributed by atoms with Gasteiger partial charge in [0.25, 0.3) is 0 Å². The van der Waals surface area contributed by atoms with Gasteiger partial charge < -0.3 is 19.0 Å². The summed E-state index contributed by atoms with van der Waals surface area (Å²) in [6.07, 6.45) is 0. The Labute approximate surface area is 338 Å². The van der Waals surface area contributed by atoms with Gasteiger partial charge in [0.2, 0.25) is 0 Å². The number of Topliss-reactive ketones (excluding diaryl/α,β-unsaturated/α-hetero) is 1. The van der Waals surface area contributed by atoms with E-state index in [4.69, 9.17) is 8.83 Å². The van der Waals surface area contributed by atoms with Gasteiger partial charge in [-0.1, -0.05) is 149 Å². The second-order valence-electron chi connectivity index (χ2n) is 12.0. The third kappa shape index (κ3) is 7.99. The predicted molar refractivity (Wildman–Crippen MR) is 229 cm³/mol. The lowest BCUT2D eigenvalue weighted by Gasteiger charge is -2.01. The van der Waals surface area contributed by atoms with E-state index in [2.05, 4.69) is 112 Å². The highest BCUT2D eigenvalue weighted by Crippen LogP contribution is 2.42. The van der Waals surface area contributed by atoms with Crippen molar-refractivity contribution in [2.45, 2.75) is 0 Å². The Bertz CT molecular complexity index is 2560. The first kappa shape index (κ1) is 36.7. The normalized spacial score (nSPS) is 10.9. The van der Waals surface area contributed by atoms with Crippen molar-refractivity contribution in [3.63, 3.8) is 0 Å². The molecule has 0 aliphatic heterocycles. The Morgan fingerprint density at radius 3 is 1.21 bits per heavy atom. The number of aromatic hydroxyl groups is 2. The lowest BCUT2D eigenvalue weighted by Crippen LogP contribution is -1.98. The third-order valence-electron chi connectivity index (χ3n) is 8.59. The molecule has 5 nitrogen and oxygen atoms in total. The average Bonchev–Trinajstić information content (AvgIpc) is 3.84. The molecule has 0 aliphatic rings. The second kappa shape index (κ2) is 16.1. The Balaban J connectivity index is 0.000000155. The lowest BCUT2D eigenvalue weighted by atomic mass is 10.0. The Morgan fingerprint density at radius 1 is 0.472 bits per heavy atom. The molecule has 0 bridgehead atoms. The standard InChI is InChI=1S/C26H14Br2O2.C10H8O2.C8H6Br2O/c27-17-9-5-15(6-10-17)23-13-21-22-14-24(16-7-11-18(28)12-8-16)30-26(22)20-4-2-1-3-19(20)25(21)29-23;11-9-5-6-10(12)8-4-2-1-3-7(8)9;9-5-8(11)6-1-3-7(10)4-2-6/h1-14H;1-6,11-12H;1-4H,5H2. The first-order chi connectivity index (χ1) is 25.7. The van der Waals surface area contributed by atoms with E-state index in [1.807, 2.05) is 60.7 Å². The fourth-order valence-electron chi connectivity index (χ4n) is 5.95. The van der Waals surface area contributed by atoms with Crippen molar-refractivity contribution < 1.29 is 23.8 Å². The highest BCUT2D eigenvalue weighted by molar-refractivity contribution is 9.11. The second-order valence-corrected chi connectivity index (χ2v) is 15.3. The van der Waals surface area contributed by atoms with Gasteiger partial charge in [0.05, 0.1) is 5.33 Å². The van der Waals surface area contributed by atoms with E-state index in [0.29, 0.717) is 16.1 Å². The zero-order chi connectivity index (χ0) is 37.1. The zero-order valence-electron chi connectivity index (χ0n) is 27.7. The maximum atomic E-state index is 11.1. The first-order valence-electron chi connectivity index (χ1n) is 16.3. The molecule has 53 heavy (non-hydrogen) atoms. The maximum Gasteiger partial charge on any atom is 0.173 e. The van der Waals surface area contributed by atoms with Crippen LogP contribution in [0.3, 0.4) is 0 Å². The molecule has 0 spiro atoms. The molecule has 262 valence electrons. The van der Waals surface area contributed by atoms with Gasteiger partial charge in [-0.2, -0.15) is 0 Å². The summed E-state index contributed by atoms with van der Waals surface area (Å²) in [6, 6.07) is 46.3. The molecule has 9 heteroatoms. The van der Waals surface area contributed by atoms with E-state index in [9.17, 15) is 15.0 Å². The number of phenols is 2. The molecule has 9 aromatic rings. The van der Waals surface area contributed by atoms with Gasteiger partial charge >= 0.3 is 0 Å². The summed E-state index contributed by atoms with van der Waals surface area (Å²) in [6.45, 7) is 0. The minimum Gasteiger partial charge on any atom is -0.507 e. The molecule has 0 fully saturated rings.